The van der Waals surface area contributed by atoms with Gasteiger partial charge in [-0.25, -0.2) is 0 Å². The Morgan fingerprint density at radius 3 is 2.78 bits per heavy atom. The molecule has 23 heavy (non-hydrogen) atoms. The molecule has 0 saturated carbocycles. The van der Waals surface area contributed by atoms with E-state index < -0.39 is 12.0 Å². The molecule has 1 atom stereocenters. The molecule has 6 heteroatoms. The maximum atomic E-state index is 11.7. The van der Waals surface area contributed by atoms with Crippen molar-refractivity contribution in [1.82, 2.24) is 19.7 Å². The first-order chi connectivity index (χ1) is 11.2. The highest BCUT2D eigenvalue weighted by Gasteiger charge is 2.26. The van der Waals surface area contributed by atoms with Gasteiger partial charge in [0.2, 0.25) is 0 Å². The van der Waals surface area contributed by atoms with Gasteiger partial charge < -0.3 is 9.67 Å². The zero-order valence-electron chi connectivity index (χ0n) is 13.4. The minimum absolute atomic E-state index is 0.471. The van der Waals surface area contributed by atoms with Gasteiger partial charge in [0.1, 0.15) is 17.7 Å². The molecule has 1 aliphatic rings. The predicted molar refractivity (Wildman–Crippen MR) is 85.9 cm³/mol. The molecular formula is C17H22N4O2. The summed E-state index contributed by atoms with van der Waals surface area (Å²) in [6.45, 7) is 1.40. The van der Waals surface area contributed by atoms with Crippen LogP contribution >= 0.6 is 0 Å². The Labute approximate surface area is 135 Å². The Morgan fingerprint density at radius 1 is 1.26 bits per heavy atom. The molecule has 0 radical (unpaired) electrons. The number of fused-ring (bicyclic) bond motifs is 1. The third-order valence-corrected chi connectivity index (χ3v) is 4.37. The van der Waals surface area contributed by atoms with E-state index in [0.29, 0.717) is 6.54 Å². The van der Waals surface area contributed by atoms with Gasteiger partial charge in [-0.05, 0) is 25.5 Å². The highest BCUT2D eigenvalue weighted by Crippen LogP contribution is 2.22. The summed E-state index contributed by atoms with van der Waals surface area (Å²) < 4.78 is 2.16. The summed E-state index contributed by atoms with van der Waals surface area (Å²) in [6, 6.07) is 8.62. The molecule has 122 valence electrons. The topological polar surface area (TPSA) is 71.2 Å². The number of aryl methyl sites for hydroxylation is 1. The van der Waals surface area contributed by atoms with E-state index in [1.807, 2.05) is 42.3 Å². The fourth-order valence-corrected chi connectivity index (χ4v) is 3.20. The maximum absolute atomic E-state index is 11.7. The van der Waals surface area contributed by atoms with E-state index in [1.54, 1.807) is 0 Å². The molecule has 2 heterocycles. The Hall–Kier alpha value is -2.21. The van der Waals surface area contributed by atoms with Gasteiger partial charge in [0.15, 0.2) is 0 Å². The summed E-state index contributed by atoms with van der Waals surface area (Å²) in [5.41, 5.74) is 0.776. The number of benzene rings is 1. The fourth-order valence-electron chi connectivity index (χ4n) is 3.20. The standard InChI is InChI=1S/C17H22N4O2/c1-20(16(17(22)23)13-8-4-2-5-9-13)12-15-19-18-14-10-6-3-7-11-21(14)15/h2,4-5,8-9,16H,3,6-7,10-12H2,1H3,(H,22,23). The molecular weight excluding hydrogens is 292 g/mol. The molecule has 0 amide bonds. The van der Waals surface area contributed by atoms with Gasteiger partial charge in [0.25, 0.3) is 0 Å². The van der Waals surface area contributed by atoms with E-state index in [0.717, 1.165) is 43.0 Å². The van der Waals surface area contributed by atoms with Gasteiger partial charge in [-0.15, -0.1) is 10.2 Å². The molecule has 0 spiro atoms. The minimum atomic E-state index is -0.852. The number of carbonyl (C=O) groups is 1. The van der Waals surface area contributed by atoms with E-state index >= 15 is 0 Å². The van der Waals surface area contributed by atoms with Crippen LogP contribution in [0.3, 0.4) is 0 Å². The molecule has 3 rings (SSSR count). The number of carboxylic acids is 1. The highest BCUT2D eigenvalue weighted by atomic mass is 16.4. The number of likely N-dealkylation sites (N-methyl/N-ethyl adjacent to an activating group) is 1. The molecule has 1 N–H and O–H groups in total. The molecule has 6 nitrogen and oxygen atoms in total. The van der Waals surface area contributed by atoms with Crippen LogP contribution in [0.2, 0.25) is 0 Å². The Morgan fingerprint density at radius 2 is 2.04 bits per heavy atom. The SMILES string of the molecule is CN(Cc1nnc2n1CCCCC2)C(C(=O)O)c1ccccc1. The second-order valence-corrected chi connectivity index (χ2v) is 6.06. The first-order valence-electron chi connectivity index (χ1n) is 8.06. The average molecular weight is 314 g/mol. The summed E-state index contributed by atoms with van der Waals surface area (Å²) >= 11 is 0. The summed E-state index contributed by atoms with van der Waals surface area (Å²) in [7, 11) is 1.82. The summed E-state index contributed by atoms with van der Waals surface area (Å²) in [6.07, 6.45) is 4.44. The van der Waals surface area contributed by atoms with Crippen LogP contribution in [0.5, 0.6) is 0 Å². The van der Waals surface area contributed by atoms with Crippen LogP contribution in [-0.2, 0) is 24.3 Å². The largest absolute Gasteiger partial charge is 0.480 e. The lowest BCUT2D eigenvalue weighted by Crippen LogP contribution is -2.31. The van der Waals surface area contributed by atoms with Crippen LogP contribution in [0, 0.1) is 0 Å². The normalized spacial score (nSPS) is 15.9. The van der Waals surface area contributed by atoms with Crippen molar-refractivity contribution in [3.8, 4) is 0 Å². The molecule has 0 bridgehead atoms. The van der Waals surface area contributed by atoms with E-state index in [4.69, 9.17) is 0 Å². The number of hydrogen-bond donors (Lipinski definition) is 1. The van der Waals surface area contributed by atoms with Gasteiger partial charge in [0, 0.05) is 13.0 Å². The van der Waals surface area contributed by atoms with Crippen molar-refractivity contribution in [1.29, 1.82) is 0 Å². The molecule has 1 aliphatic heterocycles. The highest BCUT2D eigenvalue weighted by molar-refractivity contribution is 5.75. The van der Waals surface area contributed by atoms with Crippen LogP contribution in [0.15, 0.2) is 30.3 Å². The number of hydrogen-bond acceptors (Lipinski definition) is 4. The smallest absolute Gasteiger partial charge is 0.325 e. The third kappa shape index (κ3) is 3.42. The quantitative estimate of drug-likeness (QED) is 0.916. The number of aromatic nitrogens is 3. The van der Waals surface area contributed by atoms with Crippen LogP contribution in [-0.4, -0.2) is 37.8 Å². The number of aliphatic carboxylic acids is 1. The number of carboxylic acid groups (broad SMARTS) is 1. The zero-order valence-corrected chi connectivity index (χ0v) is 13.4. The van der Waals surface area contributed by atoms with E-state index in [-0.39, 0.29) is 0 Å². The van der Waals surface area contributed by atoms with Crippen molar-refractivity contribution in [2.75, 3.05) is 7.05 Å². The monoisotopic (exact) mass is 314 g/mol. The van der Waals surface area contributed by atoms with Gasteiger partial charge in [-0.2, -0.15) is 0 Å². The van der Waals surface area contributed by atoms with E-state index in [2.05, 4.69) is 14.8 Å². The molecule has 0 aliphatic carbocycles. The molecule has 0 fully saturated rings. The second kappa shape index (κ2) is 6.91. The minimum Gasteiger partial charge on any atom is -0.480 e. The average Bonchev–Trinajstić information content (AvgIpc) is 2.76. The summed E-state index contributed by atoms with van der Waals surface area (Å²) in [5.74, 6) is 1.03. The van der Waals surface area contributed by atoms with Gasteiger partial charge in [-0.1, -0.05) is 36.8 Å². The van der Waals surface area contributed by atoms with E-state index in [9.17, 15) is 9.90 Å². The van der Waals surface area contributed by atoms with Crippen LogP contribution < -0.4 is 0 Å². The van der Waals surface area contributed by atoms with Gasteiger partial charge in [0.05, 0.1) is 6.54 Å². The Kier molecular flexibility index (Phi) is 4.71. The fraction of sp³-hybridized carbons (Fsp3) is 0.471. The predicted octanol–water partition coefficient (Wildman–Crippen LogP) is 2.26. The van der Waals surface area contributed by atoms with Crippen molar-refractivity contribution < 1.29 is 9.90 Å². The van der Waals surface area contributed by atoms with Crippen LogP contribution in [0.1, 0.15) is 42.5 Å². The number of nitrogens with zero attached hydrogens (tertiary/aromatic N) is 4. The lowest BCUT2D eigenvalue weighted by atomic mass is 10.1. The summed E-state index contributed by atoms with van der Waals surface area (Å²) in [4.78, 5) is 13.5. The lowest BCUT2D eigenvalue weighted by Gasteiger charge is -2.24. The van der Waals surface area contributed by atoms with E-state index in [1.165, 1.54) is 6.42 Å². The van der Waals surface area contributed by atoms with Crippen LogP contribution in [0.25, 0.3) is 0 Å². The van der Waals surface area contributed by atoms with Crippen molar-refractivity contribution in [2.24, 2.45) is 0 Å². The Balaban J connectivity index is 1.81. The first kappa shape index (κ1) is 15.7. The Bertz CT molecular complexity index is 668. The van der Waals surface area contributed by atoms with Gasteiger partial charge in [-0.3, -0.25) is 9.69 Å². The molecule has 2 aromatic rings. The molecule has 0 saturated heterocycles. The van der Waals surface area contributed by atoms with Crippen molar-refractivity contribution in [3.05, 3.63) is 47.5 Å². The van der Waals surface area contributed by atoms with Gasteiger partial charge >= 0.3 is 5.97 Å². The molecule has 1 aromatic heterocycles. The zero-order chi connectivity index (χ0) is 16.2. The van der Waals surface area contributed by atoms with Crippen LogP contribution in [0.4, 0.5) is 0 Å². The molecule has 1 aromatic carbocycles. The van der Waals surface area contributed by atoms with Crippen molar-refractivity contribution >= 4 is 5.97 Å². The van der Waals surface area contributed by atoms with Crippen molar-refractivity contribution in [3.63, 3.8) is 0 Å². The number of rotatable bonds is 5. The maximum Gasteiger partial charge on any atom is 0.325 e. The first-order valence-corrected chi connectivity index (χ1v) is 8.06. The second-order valence-electron chi connectivity index (χ2n) is 6.06. The van der Waals surface area contributed by atoms with Crippen molar-refractivity contribution in [2.45, 2.75) is 44.8 Å². The lowest BCUT2D eigenvalue weighted by molar-refractivity contribution is -0.143. The third-order valence-electron chi connectivity index (χ3n) is 4.37. The summed E-state index contributed by atoms with van der Waals surface area (Å²) in [5, 5.41) is 18.2. The molecule has 1 unspecified atom stereocenters.